The highest BCUT2D eigenvalue weighted by Crippen LogP contribution is 2.25. The van der Waals surface area contributed by atoms with Crippen molar-refractivity contribution in [1.29, 1.82) is 0 Å². The van der Waals surface area contributed by atoms with Gasteiger partial charge in [0.1, 0.15) is 0 Å². The fourth-order valence-electron chi connectivity index (χ4n) is 3.61. The molecule has 0 aromatic heterocycles. The average molecular weight is 438 g/mol. The molecular formula is C20H24ClN3O4S. The second-order valence-corrected chi connectivity index (χ2v) is 9.66. The molecule has 156 valence electrons. The summed E-state index contributed by atoms with van der Waals surface area (Å²) in [5.74, 6) is -0.556. The maximum absolute atomic E-state index is 13.0. The van der Waals surface area contributed by atoms with E-state index in [-0.39, 0.29) is 17.0 Å². The maximum atomic E-state index is 13.0. The highest BCUT2D eigenvalue weighted by atomic mass is 35.5. The molecule has 2 aromatic carbocycles. The van der Waals surface area contributed by atoms with Crippen LogP contribution in [0.4, 0.5) is 0 Å². The highest BCUT2D eigenvalue weighted by Gasteiger charge is 2.36. The number of nitrogens with zero attached hydrogens (tertiary/aromatic N) is 2. The Labute approximate surface area is 175 Å². The quantitative estimate of drug-likeness (QED) is 0.554. The molecule has 0 bridgehead atoms. The topological polar surface area (TPSA) is 90.0 Å². The van der Waals surface area contributed by atoms with Gasteiger partial charge in [-0.2, -0.15) is 4.31 Å². The number of carbonyl (C=O) groups is 1. The lowest BCUT2D eigenvalue weighted by molar-refractivity contribution is 0.0695. The van der Waals surface area contributed by atoms with Crippen molar-refractivity contribution < 1.29 is 18.4 Å². The fourth-order valence-corrected chi connectivity index (χ4v) is 5.34. The highest BCUT2D eigenvalue weighted by molar-refractivity contribution is 7.89. The van der Waals surface area contributed by atoms with Gasteiger partial charge in [-0.3, -0.25) is 14.9 Å². The van der Waals surface area contributed by atoms with Gasteiger partial charge in [0.25, 0.3) is 5.91 Å². The minimum absolute atomic E-state index is 0.0150. The van der Waals surface area contributed by atoms with Gasteiger partial charge in [0.15, 0.2) is 0 Å². The standard InChI is InChI=1S/C20H24ClN3O4S/c1-14-11-23(29(27,28)19-9-7-18(21)8-10-19)12-15(2)24(14)13-16-3-5-17(6-4-16)20(25)22-26/h3-10,14-15,26H,11-13H2,1-2H3,(H,22,25)/t14-,15+. The number of hydrogen-bond acceptors (Lipinski definition) is 5. The molecule has 0 unspecified atom stereocenters. The van der Waals surface area contributed by atoms with E-state index in [0.717, 1.165) is 5.56 Å². The van der Waals surface area contributed by atoms with E-state index in [4.69, 9.17) is 16.8 Å². The largest absolute Gasteiger partial charge is 0.291 e. The molecule has 29 heavy (non-hydrogen) atoms. The number of carbonyl (C=O) groups excluding carboxylic acids is 1. The molecule has 9 heteroatoms. The number of piperazine rings is 1. The van der Waals surface area contributed by atoms with Crippen LogP contribution in [0.1, 0.15) is 29.8 Å². The Bertz CT molecular complexity index is 952. The number of hydroxylamine groups is 1. The number of amides is 1. The van der Waals surface area contributed by atoms with Crippen LogP contribution in [-0.2, 0) is 16.6 Å². The van der Waals surface area contributed by atoms with Gasteiger partial charge in [0, 0.05) is 42.3 Å². The van der Waals surface area contributed by atoms with E-state index in [0.29, 0.717) is 30.2 Å². The first-order valence-corrected chi connectivity index (χ1v) is 11.1. The summed E-state index contributed by atoms with van der Waals surface area (Å²) >= 11 is 5.88. The van der Waals surface area contributed by atoms with Crippen LogP contribution in [0.15, 0.2) is 53.4 Å². The third-order valence-electron chi connectivity index (χ3n) is 5.20. The van der Waals surface area contributed by atoms with Crippen molar-refractivity contribution in [3.05, 3.63) is 64.7 Å². The Balaban J connectivity index is 1.71. The van der Waals surface area contributed by atoms with Crippen molar-refractivity contribution in [3.63, 3.8) is 0 Å². The second kappa shape index (κ2) is 8.81. The van der Waals surface area contributed by atoms with Gasteiger partial charge in [0.2, 0.25) is 10.0 Å². The smallest absolute Gasteiger partial charge is 0.274 e. The van der Waals surface area contributed by atoms with Gasteiger partial charge in [0.05, 0.1) is 4.90 Å². The maximum Gasteiger partial charge on any atom is 0.274 e. The molecule has 0 aliphatic carbocycles. The molecule has 2 N–H and O–H groups in total. The lowest BCUT2D eigenvalue weighted by Crippen LogP contribution is -2.57. The zero-order valence-electron chi connectivity index (χ0n) is 16.2. The van der Waals surface area contributed by atoms with Gasteiger partial charge in [-0.25, -0.2) is 13.9 Å². The van der Waals surface area contributed by atoms with Gasteiger partial charge >= 0.3 is 0 Å². The van der Waals surface area contributed by atoms with E-state index in [1.807, 2.05) is 26.0 Å². The SMILES string of the molecule is C[C@@H]1CN(S(=O)(=O)c2ccc(Cl)cc2)C[C@H](C)N1Cc1ccc(C(=O)NO)cc1. The zero-order chi connectivity index (χ0) is 21.2. The number of sulfonamides is 1. The first-order chi connectivity index (χ1) is 13.7. The minimum atomic E-state index is -3.58. The molecule has 1 aliphatic heterocycles. The molecule has 0 radical (unpaired) electrons. The lowest BCUT2D eigenvalue weighted by Gasteiger charge is -2.43. The number of hydrogen-bond donors (Lipinski definition) is 2. The third-order valence-corrected chi connectivity index (χ3v) is 7.30. The number of nitrogens with one attached hydrogen (secondary N) is 1. The summed E-state index contributed by atoms with van der Waals surface area (Å²) in [6.45, 7) is 5.43. The van der Waals surface area contributed by atoms with E-state index in [9.17, 15) is 13.2 Å². The molecule has 1 heterocycles. The summed E-state index contributed by atoms with van der Waals surface area (Å²) in [7, 11) is -3.58. The van der Waals surface area contributed by atoms with Gasteiger partial charge in [-0.1, -0.05) is 23.7 Å². The van der Waals surface area contributed by atoms with Crippen LogP contribution in [0.25, 0.3) is 0 Å². The van der Waals surface area contributed by atoms with Crippen molar-refractivity contribution in [1.82, 2.24) is 14.7 Å². The predicted octanol–water partition coefficient (Wildman–Crippen LogP) is 2.74. The molecule has 2 atom stereocenters. The Morgan fingerprint density at radius 3 is 2.14 bits per heavy atom. The minimum Gasteiger partial charge on any atom is -0.291 e. The van der Waals surface area contributed by atoms with Gasteiger partial charge in [-0.05, 0) is 55.8 Å². The number of benzene rings is 2. The Morgan fingerprint density at radius 2 is 1.62 bits per heavy atom. The van der Waals surface area contributed by atoms with Crippen LogP contribution < -0.4 is 5.48 Å². The molecule has 1 saturated heterocycles. The average Bonchev–Trinajstić information content (AvgIpc) is 2.70. The molecule has 1 aliphatic rings. The lowest BCUT2D eigenvalue weighted by atomic mass is 10.1. The number of halogens is 1. The van der Waals surface area contributed by atoms with Crippen LogP contribution in [-0.4, -0.2) is 53.9 Å². The summed E-state index contributed by atoms with van der Waals surface area (Å²) in [6, 6.07) is 13.2. The third kappa shape index (κ3) is 4.79. The van der Waals surface area contributed by atoms with Crippen LogP contribution in [0, 0.1) is 0 Å². The first-order valence-electron chi connectivity index (χ1n) is 9.27. The van der Waals surface area contributed by atoms with Gasteiger partial charge in [-0.15, -0.1) is 0 Å². The summed E-state index contributed by atoms with van der Waals surface area (Å²) in [5.41, 5.74) is 2.99. The second-order valence-electron chi connectivity index (χ2n) is 7.28. The van der Waals surface area contributed by atoms with Gasteiger partial charge < -0.3 is 0 Å². The molecule has 7 nitrogen and oxygen atoms in total. The zero-order valence-corrected chi connectivity index (χ0v) is 17.8. The molecule has 1 fully saturated rings. The van der Waals surface area contributed by atoms with Crippen molar-refractivity contribution in [2.45, 2.75) is 37.4 Å². The van der Waals surface area contributed by atoms with E-state index in [1.54, 1.807) is 29.7 Å². The van der Waals surface area contributed by atoms with Crippen molar-refractivity contribution >= 4 is 27.5 Å². The molecule has 0 saturated carbocycles. The Hall–Kier alpha value is -1.97. The molecule has 3 rings (SSSR count). The van der Waals surface area contributed by atoms with E-state index >= 15 is 0 Å². The van der Waals surface area contributed by atoms with Crippen molar-refractivity contribution in [2.24, 2.45) is 0 Å². The molecular weight excluding hydrogens is 414 g/mol. The van der Waals surface area contributed by atoms with Crippen LogP contribution in [0.5, 0.6) is 0 Å². The van der Waals surface area contributed by atoms with Crippen LogP contribution >= 0.6 is 11.6 Å². The van der Waals surface area contributed by atoms with Crippen molar-refractivity contribution in [2.75, 3.05) is 13.1 Å². The summed E-state index contributed by atoms with van der Waals surface area (Å²) < 4.78 is 27.5. The Kier molecular flexibility index (Phi) is 6.60. The monoisotopic (exact) mass is 437 g/mol. The summed E-state index contributed by atoms with van der Waals surface area (Å²) in [5, 5.41) is 9.20. The van der Waals surface area contributed by atoms with E-state index in [1.165, 1.54) is 16.4 Å². The van der Waals surface area contributed by atoms with E-state index < -0.39 is 15.9 Å². The summed E-state index contributed by atoms with van der Waals surface area (Å²) in [6.07, 6.45) is 0. The predicted molar refractivity (Wildman–Crippen MR) is 110 cm³/mol. The fraction of sp³-hybridized carbons (Fsp3) is 0.350. The molecule has 1 amide bonds. The first kappa shape index (κ1) is 21.7. The van der Waals surface area contributed by atoms with Crippen LogP contribution in [0.2, 0.25) is 5.02 Å². The number of rotatable bonds is 5. The summed E-state index contributed by atoms with van der Waals surface area (Å²) in [4.78, 5) is 13.9. The molecule has 2 aromatic rings. The van der Waals surface area contributed by atoms with Crippen LogP contribution in [0.3, 0.4) is 0 Å². The van der Waals surface area contributed by atoms with E-state index in [2.05, 4.69) is 4.90 Å². The van der Waals surface area contributed by atoms with Crippen molar-refractivity contribution in [3.8, 4) is 0 Å². The Morgan fingerprint density at radius 1 is 1.07 bits per heavy atom. The molecule has 0 spiro atoms. The normalized spacial score (nSPS) is 21.1.